The summed E-state index contributed by atoms with van der Waals surface area (Å²) in [6, 6.07) is 0. The van der Waals surface area contributed by atoms with E-state index in [1.54, 1.807) is 7.11 Å². The third-order valence-corrected chi connectivity index (χ3v) is 0.258. The molecule has 0 heterocycles. The van der Waals surface area contributed by atoms with Gasteiger partial charge in [0, 0.05) is 6.54 Å². The lowest BCUT2D eigenvalue weighted by Crippen LogP contribution is -1.98. The molecule has 0 aromatic carbocycles. The second-order valence-electron chi connectivity index (χ2n) is 0.628. The lowest BCUT2D eigenvalue weighted by atomic mass is 10.8. The van der Waals surface area contributed by atoms with E-state index < -0.39 is 0 Å². The largest absolute Gasteiger partial charge is 0.285 e. The molecular formula is C3H8NO. The molecule has 0 bridgehead atoms. The number of hydrogen-bond acceptors (Lipinski definition) is 1. The Balaban J connectivity index is 2.19. The minimum absolute atomic E-state index is 0.747. The van der Waals surface area contributed by atoms with Crippen LogP contribution in [0, 0.1) is 0 Å². The Morgan fingerprint density at radius 2 is 2.40 bits per heavy atom. The first-order valence-corrected chi connectivity index (χ1v) is 1.61. The van der Waals surface area contributed by atoms with Crippen LogP contribution >= 0.6 is 0 Å². The summed E-state index contributed by atoms with van der Waals surface area (Å²) in [4.78, 5) is 4.32. The van der Waals surface area contributed by atoms with Crippen LogP contribution in [0.25, 0.3) is 0 Å². The van der Waals surface area contributed by atoms with E-state index in [9.17, 15) is 0 Å². The molecular weight excluding hydrogens is 66.0 g/mol. The first kappa shape index (κ1) is 4.92. The minimum atomic E-state index is 0.747. The van der Waals surface area contributed by atoms with Gasteiger partial charge in [0.2, 0.25) is 0 Å². The van der Waals surface area contributed by atoms with E-state index in [-0.39, 0.29) is 0 Å². The molecule has 0 aliphatic rings. The van der Waals surface area contributed by atoms with Crippen molar-refractivity contribution in [2.45, 2.75) is 6.92 Å². The first-order valence-electron chi connectivity index (χ1n) is 1.61. The van der Waals surface area contributed by atoms with Crippen molar-refractivity contribution >= 4 is 0 Å². The molecule has 0 aliphatic carbocycles. The molecule has 0 aromatic rings. The van der Waals surface area contributed by atoms with Gasteiger partial charge in [0.15, 0.2) is 0 Å². The van der Waals surface area contributed by atoms with Gasteiger partial charge < -0.3 is 0 Å². The van der Waals surface area contributed by atoms with Crippen LogP contribution in [0.3, 0.4) is 0 Å². The number of hydrogen-bond donors (Lipinski definition) is 0. The van der Waals surface area contributed by atoms with Gasteiger partial charge in [0.25, 0.3) is 0 Å². The number of nitrogens with zero attached hydrogens (tertiary/aromatic N) is 1. The maximum atomic E-state index is 4.32. The fraction of sp³-hybridized carbons (Fsp3) is 1.00. The highest BCUT2D eigenvalue weighted by Gasteiger charge is 1.65. The number of rotatable bonds is 2. The van der Waals surface area contributed by atoms with Crippen molar-refractivity contribution in [3.8, 4) is 0 Å². The highest BCUT2D eigenvalue weighted by Crippen LogP contribution is 1.52. The summed E-state index contributed by atoms with van der Waals surface area (Å²) in [5.41, 5.74) is 3.47. The van der Waals surface area contributed by atoms with Gasteiger partial charge in [0.1, 0.15) is 0 Å². The van der Waals surface area contributed by atoms with Crippen LogP contribution in [-0.4, -0.2) is 13.7 Å². The Labute approximate surface area is 32.1 Å². The third kappa shape index (κ3) is 3.92. The fourth-order valence-electron chi connectivity index (χ4n) is 0.129. The van der Waals surface area contributed by atoms with Gasteiger partial charge in [-0.1, -0.05) is 5.48 Å². The quantitative estimate of drug-likeness (QED) is 0.428. The highest BCUT2D eigenvalue weighted by molar-refractivity contribution is 4.07. The van der Waals surface area contributed by atoms with E-state index >= 15 is 0 Å². The zero-order chi connectivity index (χ0) is 4.12. The Bertz CT molecular complexity index is 14.4. The van der Waals surface area contributed by atoms with Crippen molar-refractivity contribution in [3.05, 3.63) is 0 Å². The van der Waals surface area contributed by atoms with Gasteiger partial charge in [-0.15, -0.1) is 0 Å². The molecule has 0 saturated carbocycles. The van der Waals surface area contributed by atoms with Crippen LogP contribution < -0.4 is 5.48 Å². The first-order chi connectivity index (χ1) is 2.41. The van der Waals surface area contributed by atoms with Crippen LogP contribution in [0.4, 0.5) is 0 Å². The van der Waals surface area contributed by atoms with Crippen molar-refractivity contribution in [1.29, 1.82) is 0 Å². The van der Waals surface area contributed by atoms with Crippen LogP contribution in [0.15, 0.2) is 0 Å². The van der Waals surface area contributed by atoms with Crippen molar-refractivity contribution in [3.63, 3.8) is 0 Å². The summed E-state index contributed by atoms with van der Waals surface area (Å²) < 4.78 is 0. The van der Waals surface area contributed by atoms with Gasteiger partial charge >= 0.3 is 0 Å². The van der Waals surface area contributed by atoms with Gasteiger partial charge in [-0.3, -0.25) is 4.84 Å². The topological polar surface area (TPSA) is 23.3 Å². The SMILES string of the molecule is CC[N]OC. The van der Waals surface area contributed by atoms with Crippen molar-refractivity contribution in [2.75, 3.05) is 13.7 Å². The summed E-state index contributed by atoms with van der Waals surface area (Å²) >= 11 is 0. The molecule has 1 radical (unpaired) electrons. The summed E-state index contributed by atoms with van der Waals surface area (Å²) in [7, 11) is 1.55. The van der Waals surface area contributed by atoms with Gasteiger partial charge in [-0.25, -0.2) is 0 Å². The summed E-state index contributed by atoms with van der Waals surface area (Å²) in [6.45, 7) is 2.67. The summed E-state index contributed by atoms with van der Waals surface area (Å²) in [5.74, 6) is 0. The van der Waals surface area contributed by atoms with Gasteiger partial charge in [0.05, 0.1) is 7.11 Å². The molecule has 0 unspecified atom stereocenters. The molecule has 0 aliphatic heterocycles. The Hall–Kier alpha value is -0.0800. The van der Waals surface area contributed by atoms with Crippen LogP contribution in [0.2, 0.25) is 0 Å². The van der Waals surface area contributed by atoms with Crippen LogP contribution in [0.5, 0.6) is 0 Å². The van der Waals surface area contributed by atoms with Crippen molar-refractivity contribution in [2.24, 2.45) is 0 Å². The van der Waals surface area contributed by atoms with E-state index in [4.69, 9.17) is 0 Å². The molecule has 0 fully saturated rings. The standard InChI is InChI=1S/C3H8NO/c1-3-4-5-2/h3H2,1-2H3. The van der Waals surface area contributed by atoms with E-state index in [1.807, 2.05) is 6.92 Å². The zero-order valence-corrected chi connectivity index (χ0v) is 3.56. The van der Waals surface area contributed by atoms with E-state index in [2.05, 4.69) is 10.3 Å². The lowest BCUT2D eigenvalue weighted by molar-refractivity contribution is 0.0869. The third-order valence-electron chi connectivity index (χ3n) is 0.258. The second-order valence-corrected chi connectivity index (χ2v) is 0.628. The molecule has 5 heavy (non-hydrogen) atoms. The predicted molar refractivity (Wildman–Crippen MR) is 19.7 cm³/mol. The van der Waals surface area contributed by atoms with E-state index in [0.717, 1.165) is 6.54 Å². The minimum Gasteiger partial charge on any atom is -0.285 e. The van der Waals surface area contributed by atoms with Crippen LogP contribution in [0.1, 0.15) is 6.92 Å². The maximum absolute atomic E-state index is 4.32. The molecule has 0 N–H and O–H groups in total. The Morgan fingerprint density at radius 1 is 1.80 bits per heavy atom. The average Bonchev–Trinajstić information content (AvgIpc) is 1.41. The normalized spacial score (nSPS) is 8.40. The summed E-state index contributed by atoms with van der Waals surface area (Å²) in [5, 5.41) is 0. The van der Waals surface area contributed by atoms with Crippen molar-refractivity contribution in [1.82, 2.24) is 5.48 Å². The second kappa shape index (κ2) is 3.92. The Kier molecular flexibility index (Phi) is 3.86. The molecule has 0 saturated heterocycles. The molecule has 0 aromatic heterocycles. The molecule has 0 rings (SSSR count). The monoisotopic (exact) mass is 74.1 g/mol. The van der Waals surface area contributed by atoms with Crippen molar-refractivity contribution < 1.29 is 4.84 Å². The fourth-order valence-corrected chi connectivity index (χ4v) is 0.129. The molecule has 31 valence electrons. The highest BCUT2D eigenvalue weighted by atomic mass is 16.6. The molecule has 0 atom stereocenters. The molecule has 0 amide bonds. The average molecular weight is 74.1 g/mol. The molecule has 2 nitrogen and oxygen atoms in total. The number of hydroxylamine groups is 1. The predicted octanol–water partition coefficient (Wildman–Crippen LogP) is 0.172. The van der Waals surface area contributed by atoms with Gasteiger partial charge in [-0.2, -0.15) is 0 Å². The molecule has 2 heteroatoms. The smallest absolute Gasteiger partial charge is 0.0592 e. The maximum Gasteiger partial charge on any atom is 0.0592 e. The van der Waals surface area contributed by atoms with Gasteiger partial charge in [-0.05, 0) is 6.92 Å². The summed E-state index contributed by atoms with van der Waals surface area (Å²) in [6.07, 6.45) is 0. The zero-order valence-electron chi connectivity index (χ0n) is 3.56. The van der Waals surface area contributed by atoms with E-state index in [0.29, 0.717) is 0 Å². The van der Waals surface area contributed by atoms with Crippen LogP contribution in [-0.2, 0) is 4.84 Å². The Morgan fingerprint density at radius 3 is 2.40 bits per heavy atom. The van der Waals surface area contributed by atoms with E-state index in [1.165, 1.54) is 0 Å². The lowest BCUT2D eigenvalue weighted by Gasteiger charge is -1.84. The molecule has 0 spiro atoms.